The van der Waals surface area contributed by atoms with Gasteiger partial charge in [-0.15, -0.1) is 0 Å². The largest absolute Gasteiger partial charge is 0.478 e. The summed E-state index contributed by atoms with van der Waals surface area (Å²) in [4.78, 5) is 10.2. The Kier molecular flexibility index (Phi) is 3.72. The zero-order valence-corrected chi connectivity index (χ0v) is 9.73. The van der Waals surface area contributed by atoms with E-state index in [4.69, 9.17) is 9.84 Å². The van der Waals surface area contributed by atoms with E-state index in [2.05, 4.69) is 20.8 Å². The van der Waals surface area contributed by atoms with E-state index in [1.54, 1.807) is 0 Å². The highest BCUT2D eigenvalue weighted by Crippen LogP contribution is 2.24. The predicted octanol–water partition coefficient (Wildman–Crippen LogP) is 2.96. The summed E-state index contributed by atoms with van der Waals surface area (Å²) in [6.45, 7) is 6.40. The first-order valence-corrected chi connectivity index (χ1v) is 5.06. The van der Waals surface area contributed by atoms with Crippen LogP contribution in [0.15, 0.2) is 36.6 Å². The SMILES string of the molecule is CC(C)(C)c1ccc(OC=CC(=O)O)cc1. The highest BCUT2D eigenvalue weighted by atomic mass is 16.5. The quantitative estimate of drug-likeness (QED) is 0.629. The van der Waals surface area contributed by atoms with Gasteiger partial charge in [0.2, 0.25) is 0 Å². The third-order valence-electron chi connectivity index (χ3n) is 2.14. The maximum atomic E-state index is 10.2. The van der Waals surface area contributed by atoms with Crippen LogP contribution in [0.1, 0.15) is 26.3 Å². The lowest BCUT2D eigenvalue weighted by atomic mass is 9.87. The van der Waals surface area contributed by atoms with E-state index in [1.165, 1.54) is 5.56 Å². The van der Waals surface area contributed by atoms with E-state index in [0.29, 0.717) is 5.75 Å². The summed E-state index contributed by atoms with van der Waals surface area (Å²) in [5.74, 6) is -0.392. The van der Waals surface area contributed by atoms with E-state index in [1.807, 2.05) is 24.3 Å². The van der Waals surface area contributed by atoms with E-state index >= 15 is 0 Å². The van der Waals surface area contributed by atoms with Crippen LogP contribution in [0, 0.1) is 0 Å². The van der Waals surface area contributed by atoms with Crippen molar-refractivity contribution in [2.75, 3.05) is 0 Å². The summed E-state index contributed by atoms with van der Waals surface area (Å²) in [5.41, 5.74) is 1.32. The van der Waals surface area contributed by atoms with Crippen molar-refractivity contribution in [3.05, 3.63) is 42.2 Å². The van der Waals surface area contributed by atoms with Crippen molar-refractivity contribution in [1.29, 1.82) is 0 Å². The maximum absolute atomic E-state index is 10.2. The van der Waals surface area contributed by atoms with Gasteiger partial charge in [0.15, 0.2) is 0 Å². The van der Waals surface area contributed by atoms with Gasteiger partial charge in [0.25, 0.3) is 0 Å². The van der Waals surface area contributed by atoms with Gasteiger partial charge < -0.3 is 9.84 Å². The third kappa shape index (κ3) is 3.77. The highest BCUT2D eigenvalue weighted by molar-refractivity contribution is 5.79. The number of hydrogen-bond donors (Lipinski definition) is 1. The fraction of sp³-hybridized carbons (Fsp3) is 0.308. The van der Waals surface area contributed by atoms with Crippen molar-refractivity contribution in [2.45, 2.75) is 26.2 Å². The van der Waals surface area contributed by atoms with Gasteiger partial charge in [-0.1, -0.05) is 32.9 Å². The molecule has 1 aromatic rings. The molecule has 1 aromatic carbocycles. The van der Waals surface area contributed by atoms with Crippen LogP contribution in [0.2, 0.25) is 0 Å². The molecule has 16 heavy (non-hydrogen) atoms. The fourth-order valence-electron chi connectivity index (χ4n) is 1.20. The van der Waals surface area contributed by atoms with Crippen LogP contribution in [0.4, 0.5) is 0 Å². The van der Waals surface area contributed by atoms with Crippen LogP contribution in [0.25, 0.3) is 0 Å². The molecule has 1 N–H and O–H groups in total. The number of ether oxygens (including phenoxy) is 1. The van der Waals surface area contributed by atoms with E-state index in [-0.39, 0.29) is 5.41 Å². The summed E-state index contributed by atoms with van der Waals surface area (Å²) < 4.78 is 5.12. The second kappa shape index (κ2) is 4.84. The molecule has 0 aliphatic rings. The first-order valence-electron chi connectivity index (χ1n) is 5.06. The topological polar surface area (TPSA) is 46.5 Å². The average molecular weight is 220 g/mol. The Morgan fingerprint density at radius 2 is 1.81 bits per heavy atom. The summed E-state index contributed by atoms with van der Waals surface area (Å²) in [5, 5.41) is 8.38. The molecule has 0 fully saturated rings. The summed E-state index contributed by atoms with van der Waals surface area (Å²) in [6.07, 6.45) is 2.12. The van der Waals surface area contributed by atoms with Crippen molar-refractivity contribution in [3.63, 3.8) is 0 Å². The Morgan fingerprint density at radius 1 is 1.25 bits per heavy atom. The van der Waals surface area contributed by atoms with Crippen molar-refractivity contribution < 1.29 is 14.6 Å². The number of benzene rings is 1. The lowest BCUT2D eigenvalue weighted by Crippen LogP contribution is -2.10. The number of carboxylic acid groups (broad SMARTS) is 1. The minimum absolute atomic E-state index is 0.107. The molecule has 86 valence electrons. The lowest BCUT2D eigenvalue weighted by molar-refractivity contribution is -0.131. The Bertz CT molecular complexity index is 383. The van der Waals surface area contributed by atoms with Crippen LogP contribution in [0.3, 0.4) is 0 Å². The lowest BCUT2D eigenvalue weighted by Gasteiger charge is -2.18. The van der Waals surface area contributed by atoms with Crippen LogP contribution in [-0.2, 0) is 10.2 Å². The number of rotatable bonds is 3. The maximum Gasteiger partial charge on any atom is 0.331 e. The van der Waals surface area contributed by atoms with E-state index in [9.17, 15) is 4.79 Å². The van der Waals surface area contributed by atoms with Gasteiger partial charge >= 0.3 is 5.97 Å². The highest BCUT2D eigenvalue weighted by Gasteiger charge is 2.12. The predicted molar refractivity (Wildman–Crippen MR) is 62.5 cm³/mol. The summed E-state index contributed by atoms with van der Waals surface area (Å²) >= 11 is 0. The molecular weight excluding hydrogens is 204 g/mol. The first kappa shape index (κ1) is 12.3. The van der Waals surface area contributed by atoms with Crippen LogP contribution in [0.5, 0.6) is 5.75 Å². The van der Waals surface area contributed by atoms with Crippen LogP contribution < -0.4 is 4.74 Å². The zero-order valence-electron chi connectivity index (χ0n) is 9.73. The molecule has 0 unspecified atom stereocenters. The minimum atomic E-state index is -1.02. The number of carboxylic acids is 1. The Morgan fingerprint density at radius 3 is 2.25 bits per heavy atom. The Hall–Kier alpha value is -1.77. The molecule has 0 aliphatic heterocycles. The molecule has 0 saturated carbocycles. The molecule has 1 rings (SSSR count). The van der Waals surface area contributed by atoms with E-state index < -0.39 is 5.97 Å². The van der Waals surface area contributed by atoms with Gasteiger partial charge in [-0.2, -0.15) is 0 Å². The van der Waals surface area contributed by atoms with Crippen LogP contribution >= 0.6 is 0 Å². The van der Waals surface area contributed by atoms with Crippen molar-refractivity contribution in [3.8, 4) is 5.75 Å². The van der Waals surface area contributed by atoms with Crippen LogP contribution in [-0.4, -0.2) is 11.1 Å². The van der Waals surface area contributed by atoms with Crippen molar-refractivity contribution in [1.82, 2.24) is 0 Å². The van der Waals surface area contributed by atoms with Gasteiger partial charge in [0.1, 0.15) is 5.75 Å². The molecule has 0 amide bonds. The van der Waals surface area contributed by atoms with Gasteiger partial charge in [0.05, 0.1) is 12.3 Å². The normalized spacial score (nSPS) is 11.7. The number of hydrogen-bond acceptors (Lipinski definition) is 2. The number of aliphatic carboxylic acids is 1. The molecule has 0 saturated heterocycles. The molecule has 0 aliphatic carbocycles. The Labute approximate surface area is 95.4 Å². The monoisotopic (exact) mass is 220 g/mol. The van der Waals surface area contributed by atoms with Gasteiger partial charge in [-0.3, -0.25) is 0 Å². The molecule has 0 heterocycles. The minimum Gasteiger partial charge on any atom is -0.478 e. The van der Waals surface area contributed by atoms with E-state index in [0.717, 1.165) is 12.3 Å². The van der Waals surface area contributed by atoms with Gasteiger partial charge in [0, 0.05) is 0 Å². The Balaban J connectivity index is 2.69. The van der Waals surface area contributed by atoms with Crippen molar-refractivity contribution in [2.24, 2.45) is 0 Å². The molecule has 0 radical (unpaired) electrons. The first-order chi connectivity index (χ1) is 7.39. The smallest absolute Gasteiger partial charge is 0.331 e. The average Bonchev–Trinajstić information content (AvgIpc) is 2.16. The second-order valence-electron chi connectivity index (χ2n) is 4.53. The molecular formula is C13H16O3. The van der Waals surface area contributed by atoms with Crippen molar-refractivity contribution >= 4 is 5.97 Å². The number of carbonyl (C=O) groups is 1. The molecule has 0 atom stereocenters. The molecule has 0 spiro atoms. The van der Waals surface area contributed by atoms with Gasteiger partial charge in [-0.25, -0.2) is 4.79 Å². The molecule has 3 heteroatoms. The standard InChI is InChI=1S/C13H16O3/c1-13(2,3)10-4-6-11(7-5-10)16-9-8-12(14)15/h4-9H,1-3H3,(H,14,15). The van der Waals surface area contributed by atoms with Gasteiger partial charge in [-0.05, 0) is 23.1 Å². The second-order valence-corrected chi connectivity index (χ2v) is 4.53. The molecule has 0 bridgehead atoms. The fourth-order valence-corrected chi connectivity index (χ4v) is 1.20. The third-order valence-corrected chi connectivity index (χ3v) is 2.14. The summed E-state index contributed by atoms with van der Waals surface area (Å²) in [7, 11) is 0. The summed E-state index contributed by atoms with van der Waals surface area (Å²) in [6, 6.07) is 7.60. The zero-order chi connectivity index (χ0) is 12.2. The molecule has 3 nitrogen and oxygen atoms in total. The molecule has 0 aromatic heterocycles.